The number of hydrogen-bond acceptors (Lipinski definition) is 4. The Hall–Kier alpha value is -2.14. The summed E-state index contributed by atoms with van der Waals surface area (Å²) < 4.78 is 5.52. The highest BCUT2D eigenvalue weighted by atomic mass is 16.3. The van der Waals surface area contributed by atoms with Gasteiger partial charge in [0.25, 0.3) is 5.91 Å². The minimum Gasteiger partial charge on any atom is -0.451 e. The van der Waals surface area contributed by atoms with Gasteiger partial charge in [0, 0.05) is 19.2 Å². The maximum absolute atomic E-state index is 12.3. The molecule has 3 rings (SSSR count). The van der Waals surface area contributed by atoms with Crippen molar-refractivity contribution in [1.29, 1.82) is 0 Å². The largest absolute Gasteiger partial charge is 0.451 e. The lowest BCUT2D eigenvalue weighted by Crippen LogP contribution is -2.42. The van der Waals surface area contributed by atoms with Gasteiger partial charge < -0.3 is 14.4 Å². The number of fused-ring (bicyclic) bond motifs is 1. The molecule has 0 bridgehead atoms. The Balaban J connectivity index is 1.97. The van der Waals surface area contributed by atoms with Gasteiger partial charge in [-0.15, -0.1) is 0 Å². The monoisotopic (exact) mass is 273 g/mol. The molecule has 1 fully saturated rings. The first-order chi connectivity index (χ1) is 9.65. The maximum atomic E-state index is 12.3. The Kier molecular flexibility index (Phi) is 3.28. The van der Waals surface area contributed by atoms with Crippen molar-refractivity contribution < 1.29 is 14.3 Å². The number of likely N-dealkylation sites (tertiary alicyclic amines) is 1. The van der Waals surface area contributed by atoms with Crippen LogP contribution in [0.1, 0.15) is 23.4 Å². The van der Waals surface area contributed by atoms with Crippen LogP contribution in [0.2, 0.25) is 0 Å². The quantitative estimate of drug-likeness (QED) is 0.852. The van der Waals surface area contributed by atoms with E-state index in [1.54, 1.807) is 24.3 Å². The summed E-state index contributed by atoms with van der Waals surface area (Å²) in [6.45, 7) is 0.863. The molecular formula is C15H15NO4. The van der Waals surface area contributed by atoms with Crippen LogP contribution < -0.4 is 5.43 Å². The van der Waals surface area contributed by atoms with Gasteiger partial charge in [-0.1, -0.05) is 12.1 Å². The molecular weight excluding hydrogens is 258 g/mol. The summed E-state index contributed by atoms with van der Waals surface area (Å²) in [5, 5.41) is 10.1. The first-order valence-corrected chi connectivity index (χ1v) is 6.65. The van der Waals surface area contributed by atoms with Crippen LogP contribution >= 0.6 is 0 Å². The summed E-state index contributed by atoms with van der Waals surface area (Å²) in [5.41, 5.74) is 0.175. The Morgan fingerprint density at radius 3 is 2.95 bits per heavy atom. The van der Waals surface area contributed by atoms with Crippen LogP contribution in [0.4, 0.5) is 0 Å². The maximum Gasteiger partial charge on any atom is 0.289 e. The average Bonchev–Trinajstić information content (AvgIpc) is 2.46. The molecule has 1 aromatic heterocycles. The highest BCUT2D eigenvalue weighted by Gasteiger charge is 2.25. The molecule has 0 aliphatic carbocycles. The van der Waals surface area contributed by atoms with E-state index in [2.05, 4.69) is 0 Å². The molecule has 0 saturated carbocycles. The van der Waals surface area contributed by atoms with Crippen LogP contribution in [0.5, 0.6) is 0 Å². The second kappa shape index (κ2) is 5.09. The molecule has 2 heterocycles. The van der Waals surface area contributed by atoms with Crippen LogP contribution in [-0.2, 0) is 0 Å². The number of nitrogens with zero attached hydrogens (tertiary/aromatic N) is 1. The van der Waals surface area contributed by atoms with E-state index in [-0.39, 0.29) is 23.6 Å². The minimum absolute atomic E-state index is 0.0304. The van der Waals surface area contributed by atoms with Crippen molar-refractivity contribution in [2.45, 2.75) is 18.9 Å². The van der Waals surface area contributed by atoms with Crippen LogP contribution in [0.3, 0.4) is 0 Å². The van der Waals surface area contributed by atoms with Crippen molar-refractivity contribution in [1.82, 2.24) is 4.90 Å². The Morgan fingerprint density at radius 2 is 2.15 bits per heavy atom. The number of carbonyl (C=O) groups excluding carboxylic acids is 1. The van der Waals surface area contributed by atoms with Gasteiger partial charge in [-0.05, 0) is 25.0 Å². The summed E-state index contributed by atoms with van der Waals surface area (Å²) in [6, 6.07) is 8.07. The predicted molar refractivity (Wildman–Crippen MR) is 73.6 cm³/mol. The molecule has 5 nitrogen and oxygen atoms in total. The smallest absolute Gasteiger partial charge is 0.289 e. The van der Waals surface area contributed by atoms with Crippen LogP contribution in [-0.4, -0.2) is 35.1 Å². The molecule has 0 radical (unpaired) electrons. The summed E-state index contributed by atoms with van der Waals surface area (Å²) >= 11 is 0. The zero-order valence-electron chi connectivity index (χ0n) is 10.9. The number of β-amino-alcohol motifs (C(OH)–C–C–N with tert-alkyl or cyclic N) is 1. The molecule has 104 valence electrons. The SMILES string of the molecule is O=C(c1cc(=O)c2ccccc2o1)N1CCCC(O)C1. The van der Waals surface area contributed by atoms with Gasteiger partial charge >= 0.3 is 0 Å². The molecule has 1 N–H and O–H groups in total. The third-order valence-corrected chi connectivity index (χ3v) is 3.53. The molecule has 20 heavy (non-hydrogen) atoms. The second-order valence-corrected chi connectivity index (χ2v) is 5.02. The van der Waals surface area contributed by atoms with E-state index in [0.29, 0.717) is 23.9 Å². The fourth-order valence-corrected chi connectivity index (χ4v) is 2.50. The van der Waals surface area contributed by atoms with Crippen molar-refractivity contribution in [2.75, 3.05) is 13.1 Å². The lowest BCUT2D eigenvalue weighted by Gasteiger charge is -2.29. The number of aliphatic hydroxyl groups is 1. The fraction of sp³-hybridized carbons (Fsp3) is 0.333. The summed E-state index contributed by atoms with van der Waals surface area (Å²) in [4.78, 5) is 25.8. The number of hydrogen-bond donors (Lipinski definition) is 1. The Bertz CT molecular complexity index is 706. The molecule has 1 aliphatic heterocycles. The van der Waals surface area contributed by atoms with Crippen LogP contribution in [0.25, 0.3) is 11.0 Å². The molecule has 1 atom stereocenters. The molecule has 2 aromatic rings. The summed E-state index contributed by atoms with van der Waals surface area (Å²) in [7, 11) is 0. The van der Waals surface area contributed by atoms with E-state index in [1.807, 2.05) is 0 Å². The number of amides is 1. The predicted octanol–water partition coefficient (Wildman–Crippen LogP) is 1.39. The van der Waals surface area contributed by atoms with Crippen molar-refractivity contribution in [2.24, 2.45) is 0 Å². The first kappa shape index (κ1) is 12.9. The lowest BCUT2D eigenvalue weighted by molar-refractivity contribution is 0.0449. The first-order valence-electron chi connectivity index (χ1n) is 6.65. The van der Waals surface area contributed by atoms with Gasteiger partial charge in [0.15, 0.2) is 11.2 Å². The Labute approximate surface area is 115 Å². The van der Waals surface area contributed by atoms with E-state index in [9.17, 15) is 14.7 Å². The Morgan fingerprint density at radius 1 is 1.35 bits per heavy atom. The third-order valence-electron chi connectivity index (χ3n) is 3.53. The number of benzene rings is 1. The number of para-hydroxylation sites is 1. The third kappa shape index (κ3) is 2.32. The summed E-state index contributed by atoms with van der Waals surface area (Å²) in [5.74, 6) is -0.311. The second-order valence-electron chi connectivity index (χ2n) is 5.02. The van der Waals surface area contributed by atoms with E-state index in [0.717, 1.165) is 6.42 Å². The lowest BCUT2D eigenvalue weighted by atomic mass is 10.1. The van der Waals surface area contributed by atoms with Gasteiger partial charge in [0.1, 0.15) is 5.58 Å². The van der Waals surface area contributed by atoms with Gasteiger partial charge in [-0.25, -0.2) is 0 Å². The minimum atomic E-state index is -0.500. The van der Waals surface area contributed by atoms with Crippen LogP contribution in [0.15, 0.2) is 39.5 Å². The number of piperidine rings is 1. The van der Waals surface area contributed by atoms with Gasteiger partial charge in [0.2, 0.25) is 0 Å². The molecule has 5 heteroatoms. The molecule has 1 aliphatic rings. The van der Waals surface area contributed by atoms with Crippen molar-refractivity contribution in [3.05, 3.63) is 46.3 Å². The number of carbonyl (C=O) groups is 1. The number of rotatable bonds is 1. The molecule has 1 saturated heterocycles. The topological polar surface area (TPSA) is 70.8 Å². The number of aliphatic hydroxyl groups excluding tert-OH is 1. The van der Waals surface area contributed by atoms with Crippen molar-refractivity contribution in [3.8, 4) is 0 Å². The standard InChI is InChI=1S/C15H15NO4/c17-10-4-3-7-16(9-10)15(19)14-8-12(18)11-5-1-2-6-13(11)20-14/h1-2,5-6,8,10,17H,3-4,7,9H2. The van der Waals surface area contributed by atoms with E-state index in [1.165, 1.54) is 11.0 Å². The molecule has 1 amide bonds. The van der Waals surface area contributed by atoms with E-state index in [4.69, 9.17) is 4.42 Å². The fourth-order valence-electron chi connectivity index (χ4n) is 2.50. The van der Waals surface area contributed by atoms with Gasteiger partial charge in [-0.3, -0.25) is 9.59 Å². The van der Waals surface area contributed by atoms with Crippen LogP contribution in [0, 0.1) is 0 Å². The zero-order chi connectivity index (χ0) is 14.1. The van der Waals surface area contributed by atoms with Crippen molar-refractivity contribution in [3.63, 3.8) is 0 Å². The average molecular weight is 273 g/mol. The molecule has 1 unspecified atom stereocenters. The highest BCUT2D eigenvalue weighted by molar-refractivity contribution is 5.93. The highest BCUT2D eigenvalue weighted by Crippen LogP contribution is 2.16. The zero-order valence-corrected chi connectivity index (χ0v) is 10.9. The van der Waals surface area contributed by atoms with E-state index >= 15 is 0 Å². The van der Waals surface area contributed by atoms with E-state index < -0.39 is 6.10 Å². The molecule has 0 spiro atoms. The molecule has 1 aromatic carbocycles. The van der Waals surface area contributed by atoms with Crippen molar-refractivity contribution >= 4 is 16.9 Å². The van der Waals surface area contributed by atoms with Gasteiger partial charge in [-0.2, -0.15) is 0 Å². The van der Waals surface area contributed by atoms with Gasteiger partial charge in [0.05, 0.1) is 11.5 Å². The normalized spacial score (nSPS) is 19.2. The summed E-state index contributed by atoms with van der Waals surface area (Å²) in [6.07, 6.45) is 0.954.